The number of ether oxygens (including phenoxy) is 2. The molecule has 1 saturated heterocycles. The third-order valence-electron chi connectivity index (χ3n) is 4.20. The number of benzene rings is 1. The fraction of sp³-hybridized carbons (Fsp3) is 0.438. The van der Waals surface area contributed by atoms with Gasteiger partial charge in [-0.05, 0) is 11.6 Å². The summed E-state index contributed by atoms with van der Waals surface area (Å²) in [6.07, 6.45) is -8.49. The number of aliphatic hydroxyl groups is 4. The summed E-state index contributed by atoms with van der Waals surface area (Å²) in [5, 5.41) is 38.4. The smallest absolute Gasteiger partial charge is 0.336 e. The Labute approximate surface area is 155 Å². The Balaban J connectivity index is 2.03. The maximum atomic E-state index is 14.7. The van der Waals surface area contributed by atoms with E-state index in [0.29, 0.717) is 0 Å². The molecule has 0 bridgehead atoms. The number of halogens is 3. The van der Waals surface area contributed by atoms with Gasteiger partial charge in [0, 0.05) is 17.3 Å². The zero-order valence-electron chi connectivity index (χ0n) is 13.5. The largest absolute Gasteiger partial charge is 0.456 e. The van der Waals surface area contributed by atoms with Crippen LogP contribution in [-0.2, 0) is 10.6 Å². The summed E-state index contributed by atoms with van der Waals surface area (Å²) in [4.78, 5) is 11.5. The van der Waals surface area contributed by atoms with Crippen molar-refractivity contribution in [2.45, 2.75) is 36.6 Å². The van der Waals surface area contributed by atoms with Crippen LogP contribution in [0.2, 0.25) is 0 Å². The fourth-order valence-corrected chi connectivity index (χ4v) is 2.99. The van der Waals surface area contributed by atoms with E-state index < -0.39 is 65.9 Å². The third kappa shape index (κ3) is 3.51. The second-order valence-electron chi connectivity index (χ2n) is 5.92. The van der Waals surface area contributed by atoms with Crippen molar-refractivity contribution in [3.63, 3.8) is 0 Å². The van der Waals surface area contributed by atoms with Crippen molar-refractivity contribution in [2.75, 3.05) is 6.61 Å². The highest BCUT2D eigenvalue weighted by Crippen LogP contribution is 2.33. The van der Waals surface area contributed by atoms with Crippen molar-refractivity contribution >= 4 is 22.6 Å². The lowest BCUT2D eigenvalue weighted by Gasteiger charge is -2.39. The van der Waals surface area contributed by atoms with Crippen molar-refractivity contribution in [3.05, 3.63) is 39.8 Å². The predicted octanol–water partition coefficient (Wildman–Crippen LogP) is -0.0113. The van der Waals surface area contributed by atoms with Gasteiger partial charge in [-0.15, -0.1) is 11.6 Å². The molecule has 0 radical (unpaired) electrons. The summed E-state index contributed by atoms with van der Waals surface area (Å²) < 4.78 is 43.9. The average molecular weight is 409 g/mol. The van der Waals surface area contributed by atoms with E-state index in [1.165, 1.54) is 0 Å². The molecule has 0 unspecified atom stereocenters. The van der Waals surface area contributed by atoms with E-state index in [1.807, 2.05) is 0 Å². The van der Waals surface area contributed by atoms with Crippen LogP contribution in [0, 0.1) is 11.6 Å². The van der Waals surface area contributed by atoms with Gasteiger partial charge in [0.2, 0.25) is 12.1 Å². The molecule has 148 valence electrons. The molecule has 8 nitrogen and oxygen atoms in total. The van der Waals surface area contributed by atoms with Crippen LogP contribution in [0.3, 0.4) is 0 Å². The number of rotatable bonds is 4. The minimum absolute atomic E-state index is 0.0826. The van der Waals surface area contributed by atoms with Gasteiger partial charge in [-0.1, -0.05) is 0 Å². The summed E-state index contributed by atoms with van der Waals surface area (Å²) in [5.74, 6) is -3.83. The fourth-order valence-electron chi connectivity index (χ4n) is 2.77. The minimum atomic E-state index is -1.88. The molecule has 5 atom stereocenters. The van der Waals surface area contributed by atoms with Gasteiger partial charge in [-0.25, -0.2) is 9.18 Å². The standard InChI is InChI=1S/C16H15ClF2O8/c17-3-5-1-9(21)26-14-6(5)2-7(18)15(10(14)19)27-16-13(24)12(23)11(22)8(4-20)25-16/h1-2,8,11-13,16,20,22-24H,3-4H2/t8-,11+,12+,13-,16+/m1/s1. The molecule has 27 heavy (non-hydrogen) atoms. The lowest BCUT2D eigenvalue weighted by atomic mass is 9.99. The molecule has 0 spiro atoms. The van der Waals surface area contributed by atoms with Crippen LogP contribution in [0.15, 0.2) is 21.3 Å². The summed E-state index contributed by atoms with van der Waals surface area (Å²) in [5.41, 5.74) is -1.39. The first-order valence-corrected chi connectivity index (χ1v) is 8.29. The molecule has 3 rings (SSSR count). The first kappa shape index (κ1) is 19.9. The third-order valence-corrected chi connectivity index (χ3v) is 4.49. The minimum Gasteiger partial charge on any atom is -0.456 e. The highest BCUT2D eigenvalue weighted by Gasteiger charge is 2.45. The van der Waals surface area contributed by atoms with Gasteiger partial charge in [0.25, 0.3) is 0 Å². The normalized spacial score (nSPS) is 28.5. The van der Waals surface area contributed by atoms with Gasteiger partial charge in [-0.3, -0.25) is 0 Å². The second kappa shape index (κ2) is 7.66. The monoisotopic (exact) mass is 408 g/mol. The van der Waals surface area contributed by atoms with Crippen LogP contribution in [0.25, 0.3) is 11.0 Å². The van der Waals surface area contributed by atoms with Crippen molar-refractivity contribution in [1.82, 2.24) is 0 Å². The van der Waals surface area contributed by atoms with E-state index in [-0.39, 0.29) is 16.8 Å². The average Bonchev–Trinajstić information content (AvgIpc) is 2.65. The van der Waals surface area contributed by atoms with E-state index in [2.05, 4.69) is 0 Å². The quantitative estimate of drug-likeness (QED) is 0.410. The number of hydrogen-bond donors (Lipinski definition) is 4. The lowest BCUT2D eigenvalue weighted by molar-refractivity contribution is -0.278. The van der Waals surface area contributed by atoms with Crippen LogP contribution >= 0.6 is 11.6 Å². The van der Waals surface area contributed by atoms with Gasteiger partial charge in [0.05, 0.1) is 6.61 Å². The van der Waals surface area contributed by atoms with Crippen LogP contribution in [0.4, 0.5) is 8.78 Å². The number of fused-ring (bicyclic) bond motifs is 1. The second-order valence-corrected chi connectivity index (χ2v) is 6.18. The van der Waals surface area contributed by atoms with Gasteiger partial charge in [-0.2, -0.15) is 4.39 Å². The van der Waals surface area contributed by atoms with Crippen LogP contribution in [0.5, 0.6) is 5.75 Å². The molecule has 2 heterocycles. The maximum Gasteiger partial charge on any atom is 0.336 e. The Morgan fingerprint density at radius 1 is 1.15 bits per heavy atom. The molecule has 1 aliphatic heterocycles. The van der Waals surface area contributed by atoms with E-state index >= 15 is 0 Å². The first-order chi connectivity index (χ1) is 12.8. The van der Waals surface area contributed by atoms with Crippen LogP contribution in [0.1, 0.15) is 5.56 Å². The molecule has 4 N–H and O–H groups in total. The summed E-state index contributed by atoms with van der Waals surface area (Å²) in [7, 11) is 0. The highest BCUT2D eigenvalue weighted by atomic mass is 35.5. The Morgan fingerprint density at radius 3 is 2.48 bits per heavy atom. The molecule has 0 saturated carbocycles. The van der Waals surface area contributed by atoms with Crippen LogP contribution < -0.4 is 10.4 Å². The molecule has 1 aromatic heterocycles. The molecule has 1 aliphatic rings. The van der Waals surface area contributed by atoms with Crippen molar-refractivity contribution in [1.29, 1.82) is 0 Å². The number of aliphatic hydroxyl groups excluding tert-OH is 4. The highest BCUT2D eigenvalue weighted by molar-refractivity contribution is 6.17. The summed E-state index contributed by atoms with van der Waals surface area (Å²) in [6.45, 7) is -0.749. The summed E-state index contributed by atoms with van der Waals surface area (Å²) >= 11 is 5.67. The molecular weight excluding hydrogens is 394 g/mol. The van der Waals surface area contributed by atoms with E-state index in [9.17, 15) is 28.9 Å². The van der Waals surface area contributed by atoms with E-state index in [0.717, 1.165) is 12.1 Å². The zero-order chi connectivity index (χ0) is 19.9. The Morgan fingerprint density at radius 2 is 1.85 bits per heavy atom. The molecule has 0 amide bonds. The molecule has 0 aliphatic carbocycles. The van der Waals surface area contributed by atoms with E-state index in [1.54, 1.807) is 0 Å². The van der Waals surface area contributed by atoms with Crippen molar-refractivity contribution < 1.29 is 43.1 Å². The maximum absolute atomic E-state index is 14.7. The SMILES string of the molecule is O=c1cc(CCl)c2cc(F)c(O[C@@H]3O[C@H](CO)[C@H](O)[C@H](O)[C@H]3O)c(F)c2o1. The Bertz CT molecular complexity index is 902. The van der Waals surface area contributed by atoms with Crippen LogP contribution in [-0.4, -0.2) is 57.7 Å². The molecule has 1 fully saturated rings. The molecule has 2 aromatic rings. The summed E-state index contributed by atoms with van der Waals surface area (Å²) in [6, 6.07) is 1.82. The molecule has 1 aromatic carbocycles. The number of alkyl halides is 1. The number of hydrogen-bond acceptors (Lipinski definition) is 8. The zero-order valence-corrected chi connectivity index (χ0v) is 14.3. The van der Waals surface area contributed by atoms with Gasteiger partial charge in [0.1, 0.15) is 24.4 Å². The van der Waals surface area contributed by atoms with Crippen molar-refractivity contribution in [3.8, 4) is 5.75 Å². The first-order valence-electron chi connectivity index (χ1n) is 7.76. The lowest BCUT2D eigenvalue weighted by Crippen LogP contribution is -2.60. The van der Waals surface area contributed by atoms with Gasteiger partial charge in [0.15, 0.2) is 17.1 Å². The van der Waals surface area contributed by atoms with E-state index in [4.69, 9.17) is 30.6 Å². The predicted molar refractivity (Wildman–Crippen MR) is 86.4 cm³/mol. The Kier molecular flexibility index (Phi) is 5.65. The topological polar surface area (TPSA) is 130 Å². The van der Waals surface area contributed by atoms with Crippen molar-refractivity contribution in [2.24, 2.45) is 0 Å². The van der Waals surface area contributed by atoms with Gasteiger partial charge < -0.3 is 34.3 Å². The van der Waals surface area contributed by atoms with Gasteiger partial charge >= 0.3 is 5.63 Å². The Hall–Kier alpha value is -1.82. The molecular formula is C16H15ClF2O8. The molecule has 11 heteroatoms.